The van der Waals surface area contributed by atoms with Gasteiger partial charge in [0.25, 0.3) is 0 Å². The number of hydrogen-bond donors (Lipinski definition) is 3. The highest BCUT2D eigenvalue weighted by atomic mass is 16.6. The number of aliphatic hydroxyl groups excluding tert-OH is 2. The van der Waals surface area contributed by atoms with Crippen molar-refractivity contribution in [1.29, 1.82) is 0 Å². The average molecular weight is 231 g/mol. The highest BCUT2D eigenvalue weighted by Crippen LogP contribution is 2.22. The van der Waals surface area contributed by atoms with Crippen LogP contribution >= 0.6 is 0 Å². The largest absolute Gasteiger partial charge is 0.446 e. The lowest BCUT2D eigenvalue weighted by Gasteiger charge is -2.20. The zero-order valence-electron chi connectivity index (χ0n) is 10.1. The maximum absolute atomic E-state index is 11.6. The van der Waals surface area contributed by atoms with Crippen LogP contribution in [0, 0.1) is 11.3 Å². The molecule has 1 fully saturated rings. The Kier molecular flexibility index (Phi) is 4.29. The predicted octanol–water partition coefficient (Wildman–Crippen LogP) is -0.136. The molecule has 1 unspecified atom stereocenters. The van der Waals surface area contributed by atoms with Gasteiger partial charge in [-0.2, -0.15) is 0 Å². The Bertz CT molecular complexity index is 249. The van der Waals surface area contributed by atoms with Gasteiger partial charge < -0.3 is 14.9 Å². The molecule has 3 N–H and O–H groups in total. The van der Waals surface area contributed by atoms with E-state index in [1.165, 1.54) is 0 Å². The monoisotopic (exact) mass is 231 g/mol. The summed E-state index contributed by atoms with van der Waals surface area (Å²) >= 11 is 0. The number of carbonyl (C=O) groups excluding carboxylic acids is 1. The summed E-state index contributed by atoms with van der Waals surface area (Å²) in [5.41, 5.74) is -0.518. The van der Waals surface area contributed by atoms with Crippen LogP contribution in [-0.2, 0) is 9.53 Å². The van der Waals surface area contributed by atoms with E-state index in [2.05, 4.69) is 5.32 Å². The van der Waals surface area contributed by atoms with Crippen LogP contribution in [0.15, 0.2) is 0 Å². The van der Waals surface area contributed by atoms with Gasteiger partial charge in [0.2, 0.25) is 0 Å². The first kappa shape index (κ1) is 13.4. The van der Waals surface area contributed by atoms with Crippen molar-refractivity contribution in [2.45, 2.75) is 39.5 Å². The van der Waals surface area contributed by atoms with Gasteiger partial charge in [-0.25, -0.2) is 0 Å². The summed E-state index contributed by atoms with van der Waals surface area (Å²) in [5.74, 6) is -0.313. The second kappa shape index (κ2) is 5.12. The van der Waals surface area contributed by atoms with Crippen molar-refractivity contribution in [3.63, 3.8) is 0 Å². The first-order valence-corrected chi connectivity index (χ1v) is 5.58. The van der Waals surface area contributed by atoms with E-state index in [4.69, 9.17) is 9.84 Å². The minimum atomic E-state index is -0.745. The van der Waals surface area contributed by atoms with E-state index in [9.17, 15) is 9.90 Å². The van der Waals surface area contributed by atoms with E-state index in [-0.39, 0.29) is 24.7 Å². The van der Waals surface area contributed by atoms with E-state index < -0.39 is 11.5 Å². The topological polar surface area (TPSA) is 78.8 Å². The lowest BCUT2D eigenvalue weighted by Crippen LogP contribution is -2.33. The van der Waals surface area contributed by atoms with Crippen LogP contribution in [0.1, 0.15) is 27.2 Å². The molecule has 0 aromatic carbocycles. The first-order chi connectivity index (χ1) is 7.34. The molecule has 94 valence electrons. The van der Waals surface area contributed by atoms with Crippen molar-refractivity contribution in [1.82, 2.24) is 5.32 Å². The van der Waals surface area contributed by atoms with Gasteiger partial charge in [-0.15, -0.1) is 0 Å². The van der Waals surface area contributed by atoms with Crippen molar-refractivity contribution in [3.05, 3.63) is 0 Å². The molecular formula is C11H21NO4. The van der Waals surface area contributed by atoms with Crippen LogP contribution < -0.4 is 5.32 Å². The summed E-state index contributed by atoms with van der Waals surface area (Å²) in [5, 5.41) is 21.3. The molecule has 0 aromatic rings. The molecule has 0 saturated carbocycles. The number of rotatable bonds is 3. The highest BCUT2D eigenvalue weighted by molar-refractivity contribution is 5.75. The fourth-order valence-corrected chi connectivity index (χ4v) is 1.56. The molecule has 0 aliphatic carbocycles. The molecule has 0 amide bonds. The molecule has 5 nitrogen and oxygen atoms in total. The van der Waals surface area contributed by atoms with Gasteiger partial charge in [-0.1, -0.05) is 0 Å². The first-order valence-electron chi connectivity index (χ1n) is 5.58. The van der Waals surface area contributed by atoms with Gasteiger partial charge in [-0.05, 0) is 20.8 Å². The lowest BCUT2D eigenvalue weighted by molar-refractivity contribution is -0.159. The standard InChI is InChI=1S/C11H21NO4/c1-11(2,3)10(15)16-9-4-7(5-12-9)8(14)6-13/h7-9,12-14H,4-6H2,1-3H3/t7-,8-,9?/m0/s1. The third kappa shape index (κ3) is 3.43. The molecule has 3 atom stereocenters. The number of nitrogens with one attached hydrogen (secondary N) is 1. The molecule has 16 heavy (non-hydrogen) atoms. The number of esters is 1. The second-order valence-corrected chi connectivity index (χ2v) is 5.30. The van der Waals surface area contributed by atoms with Gasteiger partial charge in [0.05, 0.1) is 18.1 Å². The molecule has 1 aliphatic heterocycles. The third-order valence-electron chi connectivity index (χ3n) is 2.72. The minimum Gasteiger partial charge on any atom is -0.446 e. The van der Waals surface area contributed by atoms with Crippen molar-refractivity contribution < 1.29 is 19.7 Å². The SMILES string of the molecule is CC(C)(C)C(=O)OC1C[C@H]([C@@H](O)CO)CN1. The smallest absolute Gasteiger partial charge is 0.312 e. The summed E-state index contributed by atoms with van der Waals surface area (Å²) < 4.78 is 5.26. The quantitative estimate of drug-likeness (QED) is 0.589. The van der Waals surface area contributed by atoms with Gasteiger partial charge in [0.1, 0.15) is 0 Å². The van der Waals surface area contributed by atoms with Crippen LogP contribution in [0.3, 0.4) is 0 Å². The number of hydrogen-bond acceptors (Lipinski definition) is 5. The maximum Gasteiger partial charge on any atom is 0.312 e. The number of ether oxygens (including phenoxy) is 1. The molecule has 5 heteroatoms. The fraction of sp³-hybridized carbons (Fsp3) is 0.909. The Balaban J connectivity index is 2.40. The van der Waals surface area contributed by atoms with E-state index in [1.54, 1.807) is 20.8 Å². The maximum atomic E-state index is 11.6. The number of carbonyl (C=O) groups is 1. The molecule has 0 aromatic heterocycles. The van der Waals surface area contributed by atoms with E-state index in [1.807, 2.05) is 0 Å². The van der Waals surface area contributed by atoms with Crippen LogP contribution in [0.4, 0.5) is 0 Å². The summed E-state index contributed by atoms with van der Waals surface area (Å²) in [4.78, 5) is 11.6. The normalized spacial score (nSPS) is 27.8. The second-order valence-electron chi connectivity index (χ2n) is 5.30. The van der Waals surface area contributed by atoms with E-state index >= 15 is 0 Å². The van der Waals surface area contributed by atoms with Crippen LogP contribution in [0.2, 0.25) is 0 Å². The van der Waals surface area contributed by atoms with Crippen LogP contribution in [0.5, 0.6) is 0 Å². The van der Waals surface area contributed by atoms with Gasteiger partial charge in [-0.3, -0.25) is 10.1 Å². The van der Waals surface area contributed by atoms with Crippen LogP contribution in [-0.4, -0.2) is 41.7 Å². The fourth-order valence-electron chi connectivity index (χ4n) is 1.56. The number of aliphatic hydroxyl groups is 2. The average Bonchev–Trinajstić information content (AvgIpc) is 2.63. The molecule has 1 aliphatic rings. The molecular weight excluding hydrogens is 210 g/mol. The highest BCUT2D eigenvalue weighted by Gasteiger charge is 2.33. The Hall–Kier alpha value is -0.650. The van der Waals surface area contributed by atoms with E-state index in [0.717, 1.165) is 0 Å². The van der Waals surface area contributed by atoms with Gasteiger partial charge >= 0.3 is 5.97 Å². The lowest BCUT2D eigenvalue weighted by atomic mass is 9.97. The summed E-state index contributed by atoms with van der Waals surface area (Å²) in [6, 6.07) is 0. The summed E-state index contributed by atoms with van der Waals surface area (Å²) in [6.45, 7) is 5.69. The zero-order valence-corrected chi connectivity index (χ0v) is 10.1. The molecule has 1 rings (SSSR count). The molecule has 1 heterocycles. The van der Waals surface area contributed by atoms with Crippen molar-refractivity contribution in [2.75, 3.05) is 13.2 Å². The predicted molar refractivity (Wildman–Crippen MR) is 58.5 cm³/mol. The van der Waals surface area contributed by atoms with Crippen molar-refractivity contribution in [2.24, 2.45) is 11.3 Å². The Morgan fingerprint density at radius 2 is 2.19 bits per heavy atom. The Morgan fingerprint density at radius 1 is 1.56 bits per heavy atom. The molecule has 0 bridgehead atoms. The minimum absolute atomic E-state index is 0.0530. The molecule has 0 spiro atoms. The van der Waals surface area contributed by atoms with Gasteiger partial charge in [0.15, 0.2) is 6.23 Å². The zero-order chi connectivity index (χ0) is 12.3. The molecule has 1 saturated heterocycles. The Morgan fingerprint density at radius 3 is 2.69 bits per heavy atom. The summed E-state index contributed by atoms with van der Waals surface area (Å²) in [7, 11) is 0. The van der Waals surface area contributed by atoms with Crippen LogP contribution in [0.25, 0.3) is 0 Å². The Labute approximate surface area is 95.8 Å². The van der Waals surface area contributed by atoms with E-state index in [0.29, 0.717) is 13.0 Å². The summed E-state index contributed by atoms with van der Waals surface area (Å²) in [6.07, 6.45) is -0.549. The third-order valence-corrected chi connectivity index (χ3v) is 2.72. The van der Waals surface area contributed by atoms with Crippen molar-refractivity contribution in [3.8, 4) is 0 Å². The van der Waals surface area contributed by atoms with Gasteiger partial charge in [0, 0.05) is 18.9 Å². The van der Waals surface area contributed by atoms with Crippen molar-refractivity contribution >= 4 is 5.97 Å². The molecule has 0 radical (unpaired) electrons.